The molecule has 2 unspecified atom stereocenters. The molecule has 4 atom stereocenters. The van der Waals surface area contributed by atoms with Gasteiger partial charge in [-0.05, 0) is 95.8 Å². The van der Waals surface area contributed by atoms with E-state index in [0.717, 1.165) is 16.7 Å². The molecule has 2 N–H and O–H groups in total. The van der Waals surface area contributed by atoms with Gasteiger partial charge in [0.05, 0.1) is 62.0 Å². The minimum atomic E-state index is -5.01. The van der Waals surface area contributed by atoms with Crippen LogP contribution in [0.25, 0.3) is 11.1 Å². The molecular weight excluding hydrogens is 1030 g/mol. The molecule has 376 valence electrons. The topological polar surface area (TPSA) is 205 Å². The Labute approximate surface area is 482 Å². The Bertz CT molecular complexity index is 3190. The zero-order valence-corrected chi connectivity index (χ0v) is 46.8. The number of anilines is 2. The maximum atomic E-state index is 14.3. The van der Waals surface area contributed by atoms with Gasteiger partial charge >= 0.3 is 59.1 Å². The van der Waals surface area contributed by atoms with E-state index in [1.54, 1.807) is 41.6 Å². The number of carbonyl (C=O) groups excluding carboxylic acids is 2. The second kappa shape index (κ2) is 24.5. The van der Waals surface area contributed by atoms with E-state index in [1.807, 2.05) is 97.1 Å². The van der Waals surface area contributed by atoms with Crippen LogP contribution in [0.5, 0.6) is 46.0 Å². The van der Waals surface area contributed by atoms with Crippen molar-refractivity contribution in [3.63, 3.8) is 0 Å². The van der Waals surface area contributed by atoms with Crippen LogP contribution in [0, 0.1) is 0 Å². The van der Waals surface area contributed by atoms with E-state index in [0.29, 0.717) is 52.8 Å². The van der Waals surface area contributed by atoms with Crippen LogP contribution >= 0.6 is 0 Å². The van der Waals surface area contributed by atoms with Crippen LogP contribution < -0.4 is 98.2 Å². The number of hydrogen-bond donors (Lipinski definition) is 2. The molecule has 22 heteroatoms. The van der Waals surface area contributed by atoms with Gasteiger partial charge < -0.3 is 70.7 Å². The van der Waals surface area contributed by atoms with Crippen LogP contribution in [0.2, 0.25) is 0 Å². The molecule has 75 heavy (non-hydrogen) atoms. The molecule has 4 aliphatic rings. The summed E-state index contributed by atoms with van der Waals surface area (Å²) >= 11 is 4.51. The minimum absolute atomic E-state index is 0. The van der Waals surface area contributed by atoms with E-state index in [1.165, 1.54) is 31.3 Å². The third-order valence-corrected chi connectivity index (χ3v) is 13.8. The number of nitrogens with zero attached hydrogens (tertiary/aromatic N) is 2. The van der Waals surface area contributed by atoms with E-state index in [-0.39, 0.29) is 119 Å². The monoisotopic (exact) mass is 1070 g/mol. The molecule has 18 nitrogen and oxygen atoms in total. The van der Waals surface area contributed by atoms with Crippen molar-refractivity contribution in [1.29, 1.82) is 0 Å². The Morgan fingerprint density at radius 2 is 1.04 bits per heavy atom. The number of ether oxygens (including phenoxy) is 6. The first kappa shape index (κ1) is 55.5. The number of benzene rings is 6. The summed E-state index contributed by atoms with van der Waals surface area (Å²) in [6, 6.07) is 37.9. The van der Waals surface area contributed by atoms with Gasteiger partial charge in [0.1, 0.15) is 38.5 Å². The fourth-order valence-electron chi connectivity index (χ4n) is 9.18. The number of fused-ring (bicyclic) bond motifs is 4. The Hall–Kier alpha value is -5.72. The van der Waals surface area contributed by atoms with Gasteiger partial charge in [-0.15, -0.1) is 0 Å². The summed E-state index contributed by atoms with van der Waals surface area (Å²) < 4.78 is 78.5. The van der Waals surface area contributed by atoms with Crippen molar-refractivity contribution in [2.24, 2.45) is 0 Å². The summed E-state index contributed by atoms with van der Waals surface area (Å²) in [6.07, 6.45) is 3.20. The summed E-state index contributed by atoms with van der Waals surface area (Å²) in [7, 11) is -2.14. The second-order valence-corrected chi connectivity index (χ2v) is 18.8. The van der Waals surface area contributed by atoms with Gasteiger partial charge in [-0.2, -0.15) is 4.89 Å². The average molecular weight is 1070 g/mol. The maximum absolute atomic E-state index is 14.3. The molecule has 2 amide bonds. The summed E-state index contributed by atoms with van der Waals surface area (Å²) in [5, 5.41) is 9.17. The molecule has 0 spiro atoms. The quantitative estimate of drug-likeness (QED) is 0.0317. The van der Waals surface area contributed by atoms with Gasteiger partial charge in [-0.3, -0.25) is 9.59 Å². The minimum Gasteiger partial charge on any atom is -0.746 e. The fourth-order valence-corrected chi connectivity index (χ4v) is 10.1. The van der Waals surface area contributed by atoms with E-state index < -0.39 is 39.7 Å². The molecule has 4 aliphatic heterocycles. The smallest absolute Gasteiger partial charge is 0.746 e. The summed E-state index contributed by atoms with van der Waals surface area (Å²) in [5.74, 6) is 2.74. The Kier molecular flexibility index (Phi) is 18.1. The first-order valence-electron chi connectivity index (χ1n) is 23.0. The van der Waals surface area contributed by atoms with Crippen LogP contribution in [0.4, 0.5) is 11.4 Å². The molecule has 10 rings (SSSR count). The maximum Gasteiger partial charge on any atom is 1.00 e. The van der Waals surface area contributed by atoms with Gasteiger partial charge in [0.2, 0.25) is 0 Å². The molecule has 6 aromatic rings. The molecular formula is C53H46N4Na2O14S2. The first-order chi connectivity index (χ1) is 35.5. The zero-order valence-electron chi connectivity index (χ0n) is 41.1. The standard InChI is InChI=1S/C53H48N4O14S2.2Na/c1-63-46-26-40-42(54-50(69-70-71-72)44-24-34(30-56(44)52(40)58)32-14-18-38(19-15-32)67-36-10-5-3-6-11-36)28-48(46)65-22-9-23-66-49-29-43-41(27-47(49)64-2)53(59)57-31-35(25-45(57)51(55-43)73(60,61)62)33-16-20-39(21-17-33)68-37-12-7-4-8-13-37;;/h3-8,10-21,26-31,44-45,50-51,54-55,72H,9,22-25H2,1-2H3,(H,60,61,62);;/q;2*+1/p-2/t44-,45-,50?,51?;;/m0../s1. The predicted octanol–water partition coefficient (Wildman–Crippen LogP) is 3.05. The number of amides is 2. The third kappa shape index (κ3) is 12.3. The molecule has 0 bridgehead atoms. The SMILES string of the molecule is COc1cc2c(cc1OCCCOc1cc3c(cc1OC)C(=O)N1C=C(c4ccc(Oc5ccccc5)cc4)C[C@H]1C(S(=O)(=O)[O-])N3)NC(OOO[S-])[C@@H]1CC(c3ccc(Oc4ccccc4)cc3)=CN1C2=O.[Na+].[Na+]. The van der Waals surface area contributed by atoms with Gasteiger partial charge in [0.15, 0.2) is 29.2 Å². The molecule has 0 aliphatic carbocycles. The summed E-state index contributed by atoms with van der Waals surface area (Å²) in [5.41, 5.74) is 3.96. The van der Waals surface area contributed by atoms with Crippen molar-refractivity contribution >= 4 is 57.4 Å². The van der Waals surface area contributed by atoms with Gasteiger partial charge in [0, 0.05) is 31.0 Å². The number of para-hydroxylation sites is 2. The largest absolute Gasteiger partial charge is 1.00 e. The molecule has 4 heterocycles. The van der Waals surface area contributed by atoms with E-state index in [4.69, 9.17) is 38.3 Å². The predicted molar refractivity (Wildman–Crippen MR) is 268 cm³/mol. The summed E-state index contributed by atoms with van der Waals surface area (Å²) in [4.78, 5) is 36.9. The zero-order chi connectivity index (χ0) is 50.6. The van der Waals surface area contributed by atoms with Crippen LogP contribution in [0.15, 0.2) is 146 Å². The first-order valence-corrected chi connectivity index (χ1v) is 24.8. The van der Waals surface area contributed by atoms with Gasteiger partial charge in [0.25, 0.3) is 11.8 Å². The van der Waals surface area contributed by atoms with Crippen molar-refractivity contribution in [2.75, 3.05) is 38.1 Å². The van der Waals surface area contributed by atoms with Crippen LogP contribution in [-0.4, -0.2) is 85.7 Å². The number of hydrogen-bond acceptors (Lipinski definition) is 17. The van der Waals surface area contributed by atoms with Crippen LogP contribution in [0.1, 0.15) is 51.1 Å². The van der Waals surface area contributed by atoms with Crippen molar-refractivity contribution in [3.05, 3.63) is 168 Å². The van der Waals surface area contributed by atoms with Crippen LogP contribution in [-0.2, 0) is 37.3 Å². The van der Waals surface area contributed by atoms with Gasteiger partial charge in [-0.25, -0.2) is 8.42 Å². The van der Waals surface area contributed by atoms with Gasteiger partial charge in [-0.1, -0.05) is 65.7 Å². The normalized spacial score (nSPS) is 18.3. The van der Waals surface area contributed by atoms with E-state index >= 15 is 0 Å². The molecule has 0 saturated heterocycles. The Morgan fingerprint density at radius 1 is 0.600 bits per heavy atom. The number of carbonyl (C=O) groups is 2. The molecule has 0 saturated carbocycles. The molecule has 0 aromatic heterocycles. The molecule has 0 fully saturated rings. The third-order valence-electron chi connectivity index (χ3n) is 12.7. The Balaban J connectivity index is 0.00000374. The van der Waals surface area contributed by atoms with E-state index in [9.17, 15) is 22.6 Å². The number of methoxy groups -OCH3 is 2. The van der Waals surface area contributed by atoms with Crippen molar-refractivity contribution in [2.45, 2.75) is 42.9 Å². The Morgan fingerprint density at radius 3 is 1.49 bits per heavy atom. The fraction of sp³-hybridized carbons (Fsp3) is 0.208. The van der Waals surface area contributed by atoms with Crippen molar-refractivity contribution in [3.8, 4) is 46.0 Å². The van der Waals surface area contributed by atoms with E-state index in [2.05, 4.69) is 27.9 Å². The van der Waals surface area contributed by atoms with Crippen molar-refractivity contribution < 1.29 is 124 Å². The van der Waals surface area contributed by atoms with Crippen molar-refractivity contribution in [1.82, 2.24) is 9.80 Å². The molecule has 0 radical (unpaired) electrons. The number of nitrogens with one attached hydrogen (secondary N) is 2. The second-order valence-electron chi connectivity index (χ2n) is 17.2. The van der Waals surface area contributed by atoms with Crippen LogP contribution in [0.3, 0.4) is 0 Å². The molecule has 6 aromatic carbocycles. The number of rotatable bonds is 18. The average Bonchev–Trinajstić information content (AvgIpc) is 4.01. The summed E-state index contributed by atoms with van der Waals surface area (Å²) in [6.45, 7) is 0.190.